The Labute approximate surface area is 275 Å². The second kappa shape index (κ2) is 13.3. The number of rotatable bonds is 10. The number of hydrogen-bond acceptors (Lipinski definition) is 6. The lowest BCUT2D eigenvalue weighted by atomic mass is 9.83. The van der Waals surface area contributed by atoms with Crippen LogP contribution in [0.2, 0.25) is 0 Å². The zero-order valence-corrected chi connectivity index (χ0v) is 27.3. The van der Waals surface area contributed by atoms with Crippen LogP contribution in [0.5, 0.6) is 0 Å². The van der Waals surface area contributed by atoms with Gasteiger partial charge in [0.1, 0.15) is 11.4 Å². The van der Waals surface area contributed by atoms with Gasteiger partial charge in [0.15, 0.2) is 6.61 Å². The van der Waals surface area contributed by atoms with Gasteiger partial charge in [-0.05, 0) is 106 Å². The molecule has 47 heavy (non-hydrogen) atoms. The van der Waals surface area contributed by atoms with E-state index in [1.165, 1.54) is 17.1 Å². The molecule has 0 bridgehead atoms. The first-order valence-corrected chi connectivity index (χ1v) is 16.5. The number of anilines is 1. The molecule has 9 heteroatoms. The number of carbonyl (C=O) groups excluding carboxylic acids is 3. The minimum absolute atomic E-state index is 0.0838. The Kier molecular flexibility index (Phi) is 9.17. The first kappa shape index (κ1) is 32.4. The first-order chi connectivity index (χ1) is 22.5. The topological polar surface area (TPSA) is 97.3 Å². The van der Waals surface area contributed by atoms with Gasteiger partial charge in [-0.15, -0.1) is 5.10 Å². The second-order valence-electron chi connectivity index (χ2n) is 14.1. The molecular formula is C38H42FN3O5. The summed E-state index contributed by atoms with van der Waals surface area (Å²) >= 11 is 0. The fraction of sp³-hybridized carbons (Fsp3) is 0.421. The van der Waals surface area contributed by atoms with Crippen LogP contribution in [0.15, 0.2) is 77.9 Å². The molecule has 0 spiro atoms. The van der Waals surface area contributed by atoms with Crippen LogP contribution < -0.4 is 5.32 Å². The zero-order valence-electron chi connectivity index (χ0n) is 27.3. The molecule has 2 saturated carbocycles. The number of benzene rings is 3. The van der Waals surface area contributed by atoms with Crippen molar-refractivity contribution in [2.24, 2.45) is 16.4 Å². The number of halogens is 1. The Morgan fingerprint density at radius 2 is 1.72 bits per heavy atom. The highest BCUT2D eigenvalue weighted by atomic mass is 19.1. The molecule has 6 rings (SSSR count). The van der Waals surface area contributed by atoms with Crippen molar-refractivity contribution in [2.45, 2.75) is 83.8 Å². The Morgan fingerprint density at radius 3 is 2.38 bits per heavy atom. The maximum Gasteiger partial charge on any atom is 0.312 e. The molecule has 3 aromatic rings. The minimum Gasteiger partial charge on any atom is -0.466 e. The van der Waals surface area contributed by atoms with Crippen molar-refractivity contribution in [3.63, 3.8) is 0 Å². The van der Waals surface area contributed by atoms with Crippen molar-refractivity contribution in [1.29, 1.82) is 0 Å². The van der Waals surface area contributed by atoms with Crippen LogP contribution in [0.25, 0.3) is 0 Å². The number of esters is 1. The number of hydrazone groups is 1. The number of amides is 2. The van der Waals surface area contributed by atoms with Crippen LogP contribution in [0.1, 0.15) is 87.5 Å². The third-order valence-electron chi connectivity index (χ3n) is 9.13. The standard InChI is InChI=1S/C38H42FN3O5/c1-37(2,3)47-36(45)38(17-18-38)22-26-19-30(39)21-31(20-26)40-34(44)33(27-9-7-8-10-27)28-15-13-25(14-16-28)23-42-32(43)24-46-35(41-42)29-11-5-4-6-12-29/h4-6,11-16,19-21,27,33H,7-10,17-18,22-24H2,1-3H3,(H,40,44). The minimum atomic E-state index is -0.642. The van der Waals surface area contributed by atoms with Crippen LogP contribution in [0.4, 0.5) is 10.1 Å². The van der Waals surface area contributed by atoms with E-state index in [0.717, 1.165) is 42.4 Å². The summed E-state index contributed by atoms with van der Waals surface area (Å²) in [5.41, 5.74) is 2.34. The number of hydrogen-bond donors (Lipinski definition) is 1. The van der Waals surface area contributed by atoms with E-state index in [9.17, 15) is 18.8 Å². The van der Waals surface area contributed by atoms with Crippen molar-refractivity contribution in [1.82, 2.24) is 5.01 Å². The van der Waals surface area contributed by atoms with E-state index >= 15 is 0 Å². The predicted octanol–water partition coefficient (Wildman–Crippen LogP) is 7.12. The fourth-order valence-corrected chi connectivity index (χ4v) is 6.60. The third-order valence-corrected chi connectivity index (χ3v) is 9.13. The van der Waals surface area contributed by atoms with E-state index in [1.807, 2.05) is 75.4 Å². The van der Waals surface area contributed by atoms with Gasteiger partial charge < -0.3 is 14.8 Å². The van der Waals surface area contributed by atoms with Gasteiger partial charge in [0.05, 0.1) is 17.9 Å². The zero-order chi connectivity index (χ0) is 33.2. The number of carbonyl (C=O) groups is 3. The molecule has 246 valence electrons. The molecule has 1 atom stereocenters. The Hall–Kier alpha value is -4.53. The van der Waals surface area contributed by atoms with Gasteiger partial charge in [-0.25, -0.2) is 9.40 Å². The summed E-state index contributed by atoms with van der Waals surface area (Å²) in [6.07, 6.45) is 5.74. The average molecular weight is 640 g/mol. The quantitative estimate of drug-likeness (QED) is 0.238. The van der Waals surface area contributed by atoms with Gasteiger partial charge in [0.2, 0.25) is 11.8 Å². The van der Waals surface area contributed by atoms with Crippen molar-refractivity contribution in [3.05, 3.63) is 101 Å². The Bertz CT molecular complexity index is 1650. The molecule has 2 amide bonds. The summed E-state index contributed by atoms with van der Waals surface area (Å²) in [6.45, 7) is 5.71. The highest BCUT2D eigenvalue weighted by Crippen LogP contribution is 2.50. The van der Waals surface area contributed by atoms with Crippen molar-refractivity contribution < 1.29 is 28.2 Å². The van der Waals surface area contributed by atoms with Crippen molar-refractivity contribution in [2.75, 3.05) is 11.9 Å². The summed E-state index contributed by atoms with van der Waals surface area (Å²) in [5, 5.41) is 8.86. The van der Waals surface area contributed by atoms with E-state index in [-0.39, 0.29) is 36.9 Å². The van der Waals surface area contributed by atoms with Crippen LogP contribution in [-0.4, -0.2) is 40.9 Å². The predicted molar refractivity (Wildman–Crippen MR) is 177 cm³/mol. The maximum absolute atomic E-state index is 14.8. The lowest BCUT2D eigenvalue weighted by molar-refractivity contribution is -0.161. The van der Waals surface area contributed by atoms with Gasteiger partial charge in [-0.2, -0.15) is 0 Å². The average Bonchev–Trinajstić information content (AvgIpc) is 3.61. The molecular weight excluding hydrogens is 597 g/mol. The van der Waals surface area contributed by atoms with Crippen LogP contribution in [0, 0.1) is 17.2 Å². The first-order valence-electron chi connectivity index (χ1n) is 16.5. The van der Waals surface area contributed by atoms with E-state index in [0.29, 0.717) is 36.4 Å². The fourth-order valence-electron chi connectivity index (χ4n) is 6.60. The SMILES string of the molecule is CC(C)(C)OC(=O)C1(Cc2cc(F)cc(NC(=O)C(c3ccc(CN4N=C(c5ccccc5)OCC4=O)cc3)C3CCCC3)c2)CC1. The molecule has 8 nitrogen and oxygen atoms in total. The number of nitrogens with zero attached hydrogens (tertiary/aromatic N) is 2. The number of nitrogens with one attached hydrogen (secondary N) is 1. The summed E-state index contributed by atoms with van der Waals surface area (Å²) in [5.74, 6) is -0.990. The van der Waals surface area contributed by atoms with Gasteiger partial charge >= 0.3 is 5.97 Å². The summed E-state index contributed by atoms with van der Waals surface area (Å²) in [6, 6.07) is 21.7. The molecule has 3 aromatic carbocycles. The summed E-state index contributed by atoms with van der Waals surface area (Å²) in [7, 11) is 0. The molecule has 0 saturated heterocycles. The largest absolute Gasteiger partial charge is 0.466 e. The normalized spacial score (nSPS) is 18.3. The molecule has 1 N–H and O–H groups in total. The summed E-state index contributed by atoms with van der Waals surface area (Å²) in [4.78, 5) is 39.4. The highest BCUT2D eigenvalue weighted by Gasteiger charge is 2.52. The van der Waals surface area contributed by atoms with E-state index < -0.39 is 22.8 Å². The molecule has 1 aliphatic heterocycles. The monoisotopic (exact) mass is 639 g/mol. The number of ether oxygens (including phenoxy) is 2. The van der Waals surface area contributed by atoms with Gasteiger partial charge in [0.25, 0.3) is 5.91 Å². The van der Waals surface area contributed by atoms with Crippen LogP contribution in [-0.2, 0) is 36.8 Å². The second-order valence-corrected chi connectivity index (χ2v) is 14.1. The Morgan fingerprint density at radius 1 is 1.02 bits per heavy atom. The molecule has 2 fully saturated rings. The maximum atomic E-state index is 14.8. The molecule has 1 heterocycles. The van der Waals surface area contributed by atoms with Crippen molar-refractivity contribution in [3.8, 4) is 0 Å². The molecule has 1 unspecified atom stereocenters. The lowest BCUT2D eigenvalue weighted by Gasteiger charge is -2.25. The lowest BCUT2D eigenvalue weighted by Crippen LogP contribution is -2.36. The van der Waals surface area contributed by atoms with E-state index in [1.54, 1.807) is 6.07 Å². The van der Waals surface area contributed by atoms with Crippen LogP contribution in [0.3, 0.4) is 0 Å². The van der Waals surface area contributed by atoms with Gasteiger partial charge in [0, 0.05) is 11.3 Å². The highest BCUT2D eigenvalue weighted by molar-refractivity contribution is 5.98. The molecule has 0 aromatic heterocycles. The molecule has 3 aliphatic rings. The molecule has 2 aliphatic carbocycles. The van der Waals surface area contributed by atoms with Gasteiger partial charge in [-0.3, -0.25) is 14.4 Å². The Balaban J connectivity index is 1.17. The summed E-state index contributed by atoms with van der Waals surface area (Å²) < 4.78 is 26.1. The smallest absolute Gasteiger partial charge is 0.312 e. The van der Waals surface area contributed by atoms with Crippen LogP contribution >= 0.6 is 0 Å². The van der Waals surface area contributed by atoms with Gasteiger partial charge in [-0.1, -0.05) is 55.3 Å². The third kappa shape index (κ3) is 7.89. The van der Waals surface area contributed by atoms with E-state index in [4.69, 9.17) is 9.47 Å². The molecule has 0 radical (unpaired) electrons. The van der Waals surface area contributed by atoms with Crippen molar-refractivity contribution >= 4 is 29.4 Å². The van der Waals surface area contributed by atoms with E-state index in [2.05, 4.69) is 10.4 Å².